The number of para-hydroxylation sites is 1. The van der Waals surface area contributed by atoms with Crippen LogP contribution in [0.25, 0.3) is 0 Å². The van der Waals surface area contributed by atoms with E-state index in [-0.39, 0.29) is 5.97 Å². The number of hydrogen-bond acceptors (Lipinski definition) is 4. The van der Waals surface area contributed by atoms with E-state index in [1.54, 1.807) is 18.2 Å². The van der Waals surface area contributed by atoms with Crippen molar-refractivity contribution in [3.8, 4) is 5.75 Å². The van der Waals surface area contributed by atoms with Gasteiger partial charge in [-0.3, -0.25) is 0 Å². The van der Waals surface area contributed by atoms with Gasteiger partial charge in [-0.1, -0.05) is 18.6 Å². The highest BCUT2D eigenvalue weighted by Crippen LogP contribution is 2.19. The van der Waals surface area contributed by atoms with Gasteiger partial charge in [-0.2, -0.15) is 0 Å². The third-order valence-electron chi connectivity index (χ3n) is 3.14. The predicted molar refractivity (Wildman–Crippen MR) is 68.9 cm³/mol. The van der Waals surface area contributed by atoms with E-state index in [1.807, 2.05) is 6.07 Å². The summed E-state index contributed by atoms with van der Waals surface area (Å²) in [6.45, 7) is 1.64. The SMILES string of the molecule is COC(=O)c1ccccc1OCC1CCCCN1. The Bertz CT molecular complexity index is 400. The van der Waals surface area contributed by atoms with E-state index < -0.39 is 0 Å². The Morgan fingerprint density at radius 2 is 2.22 bits per heavy atom. The monoisotopic (exact) mass is 249 g/mol. The van der Waals surface area contributed by atoms with Gasteiger partial charge in [-0.15, -0.1) is 0 Å². The standard InChI is InChI=1S/C14H19NO3/c1-17-14(16)12-7-2-3-8-13(12)18-10-11-6-4-5-9-15-11/h2-3,7-8,11,15H,4-6,9-10H2,1H3. The molecule has 1 unspecified atom stereocenters. The van der Waals surface area contributed by atoms with Crippen LogP contribution >= 0.6 is 0 Å². The van der Waals surface area contributed by atoms with Crippen LogP contribution in [0.4, 0.5) is 0 Å². The molecule has 0 spiro atoms. The average molecular weight is 249 g/mol. The quantitative estimate of drug-likeness (QED) is 0.829. The molecule has 0 amide bonds. The topological polar surface area (TPSA) is 47.6 Å². The fourth-order valence-electron chi connectivity index (χ4n) is 2.13. The molecule has 18 heavy (non-hydrogen) atoms. The van der Waals surface area contributed by atoms with Crippen LogP contribution in [0, 0.1) is 0 Å². The van der Waals surface area contributed by atoms with Crippen LogP contribution in [-0.4, -0.2) is 32.3 Å². The Morgan fingerprint density at radius 1 is 1.39 bits per heavy atom. The maximum Gasteiger partial charge on any atom is 0.341 e. The molecule has 1 saturated heterocycles. The second-order valence-electron chi connectivity index (χ2n) is 4.45. The summed E-state index contributed by atoms with van der Waals surface area (Å²) in [6.07, 6.45) is 3.59. The highest BCUT2D eigenvalue weighted by molar-refractivity contribution is 5.92. The number of hydrogen-bond donors (Lipinski definition) is 1. The van der Waals surface area contributed by atoms with E-state index in [9.17, 15) is 4.79 Å². The van der Waals surface area contributed by atoms with Crippen LogP contribution in [0.1, 0.15) is 29.6 Å². The summed E-state index contributed by atoms with van der Waals surface area (Å²) in [5.74, 6) is 0.235. The van der Waals surface area contributed by atoms with E-state index in [1.165, 1.54) is 20.0 Å². The molecule has 0 aliphatic carbocycles. The molecule has 0 bridgehead atoms. The molecule has 0 saturated carbocycles. The lowest BCUT2D eigenvalue weighted by atomic mass is 10.1. The second kappa shape index (κ2) is 6.40. The molecule has 1 atom stereocenters. The number of methoxy groups -OCH3 is 1. The molecule has 0 aromatic heterocycles. The number of rotatable bonds is 4. The first kappa shape index (κ1) is 12.9. The molecule has 4 heteroatoms. The van der Waals surface area contributed by atoms with E-state index in [0.717, 1.165) is 13.0 Å². The molecule has 1 N–H and O–H groups in total. The number of nitrogens with one attached hydrogen (secondary N) is 1. The van der Waals surface area contributed by atoms with Crippen molar-refractivity contribution in [1.82, 2.24) is 5.32 Å². The Kier molecular flexibility index (Phi) is 4.59. The van der Waals surface area contributed by atoms with Gasteiger partial charge < -0.3 is 14.8 Å². The average Bonchev–Trinajstić information content (AvgIpc) is 2.45. The van der Waals surface area contributed by atoms with Gasteiger partial charge in [0.05, 0.1) is 7.11 Å². The fraction of sp³-hybridized carbons (Fsp3) is 0.500. The number of ether oxygens (including phenoxy) is 2. The zero-order valence-electron chi connectivity index (χ0n) is 10.6. The summed E-state index contributed by atoms with van der Waals surface area (Å²) in [6, 6.07) is 7.56. The molecule has 1 aromatic carbocycles. The summed E-state index contributed by atoms with van der Waals surface area (Å²) in [5.41, 5.74) is 0.482. The van der Waals surface area contributed by atoms with Crippen LogP contribution in [0.2, 0.25) is 0 Å². The lowest BCUT2D eigenvalue weighted by molar-refractivity contribution is 0.0595. The van der Waals surface area contributed by atoms with Crippen molar-refractivity contribution < 1.29 is 14.3 Å². The van der Waals surface area contributed by atoms with Gasteiger partial charge in [0, 0.05) is 6.04 Å². The zero-order valence-corrected chi connectivity index (χ0v) is 10.6. The minimum absolute atomic E-state index is 0.359. The molecule has 1 aliphatic rings. The summed E-state index contributed by atoms with van der Waals surface area (Å²) in [7, 11) is 1.38. The van der Waals surface area contributed by atoms with Gasteiger partial charge in [0.15, 0.2) is 0 Å². The smallest absolute Gasteiger partial charge is 0.341 e. The highest BCUT2D eigenvalue weighted by Gasteiger charge is 2.16. The first-order valence-corrected chi connectivity index (χ1v) is 6.35. The van der Waals surface area contributed by atoms with E-state index >= 15 is 0 Å². The number of benzene rings is 1. The summed E-state index contributed by atoms with van der Waals surface area (Å²) in [5, 5.41) is 3.41. The van der Waals surface area contributed by atoms with Crippen molar-refractivity contribution in [2.24, 2.45) is 0 Å². The van der Waals surface area contributed by atoms with Gasteiger partial charge in [-0.05, 0) is 31.5 Å². The summed E-state index contributed by atoms with van der Waals surface area (Å²) >= 11 is 0. The number of piperidine rings is 1. The lowest BCUT2D eigenvalue weighted by Crippen LogP contribution is -2.38. The number of carbonyl (C=O) groups excluding carboxylic acids is 1. The normalized spacial score (nSPS) is 19.3. The molecule has 2 rings (SSSR count). The molecular weight excluding hydrogens is 230 g/mol. The van der Waals surface area contributed by atoms with Gasteiger partial charge in [-0.25, -0.2) is 4.79 Å². The molecule has 1 aromatic rings. The Labute approximate surface area is 107 Å². The minimum Gasteiger partial charge on any atom is -0.491 e. The van der Waals surface area contributed by atoms with Crippen molar-refractivity contribution in [3.63, 3.8) is 0 Å². The van der Waals surface area contributed by atoms with Gasteiger partial charge in [0.2, 0.25) is 0 Å². The first-order valence-electron chi connectivity index (χ1n) is 6.35. The predicted octanol–water partition coefficient (Wildman–Crippen LogP) is 1.99. The molecular formula is C14H19NO3. The van der Waals surface area contributed by atoms with Gasteiger partial charge in [0.1, 0.15) is 17.9 Å². The summed E-state index contributed by atoms with van der Waals surface area (Å²) in [4.78, 5) is 11.6. The van der Waals surface area contributed by atoms with Crippen molar-refractivity contribution in [2.45, 2.75) is 25.3 Å². The maximum absolute atomic E-state index is 11.6. The maximum atomic E-state index is 11.6. The fourth-order valence-corrected chi connectivity index (χ4v) is 2.13. The van der Waals surface area contributed by atoms with Gasteiger partial charge in [0.25, 0.3) is 0 Å². The van der Waals surface area contributed by atoms with Gasteiger partial charge >= 0.3 is 5.97 Å². The van der Waals surface area contributed by atoms with Crippen LogP contribution in [0.5, 0.6) is 5.75 Å². The third-order valence-corrected chi connectivity index (χ3v) is 3.14. The Balaban J connectivity index is 1.97. The molecule has 0 radical (unpaired) electrons. The number of esters is 1. The molecule has 98 valence electrons. The van der Waals surface area contributed by atoms with Crippen molar-refractivity contribution in [1.29, 1.82) is 0 Å². The molecule has 1 fully saturated rings. The third kappa shape index (κ3) is 3.23. The molecule has 1 aliphatic heterocycles. The zero-order chi connectivity index (χ0) is 12.8. The molecule has 4 nitrogen and oxygen atoms in total. The Morgan fingerprint density at radius 3 is 2.94 bits per heavy atom. The largest absolute Gasteiger partial charge is 0.491 e. The first-order chi connectivity index (χ1) is 8.81. The van der Waals surface area contributed by atoms with E-state index in [0.29, 0.717) is 24.0 Å². The second-order valence-corrected chi connectivity index (χ2v) is 4.45. The minimum atomic E-state index is -0.359. The van der Waals surface area contributed by atoms with E-state index in [4.69, 9.17) is 9.47 Å². The lowest BCUT2D eigenvalue weighted by Gasteiger charge is -2.23. The molecule has 1 heterocycles. The van der Waals surface area contributed by atoms with Crippen LogP contribution in [0.3, 0.4) is 0 Å². The van der Waals surface area contributed by atoms with Crippen LogP contribution in [-0.2, 0) is 4.74 Å². The van der Waals surface area contributed by atoms with Crippen LogP contribution in [0.15, 0.2) is 24.3 Å². The van der Waals surface area contributed by atoms with E-state index in [2.05, 4.69) is 5.32 Å². The van der Waals surface area contributed by atoms with Crippen molar-refractivity contribution in [3.05, 3.63) is 29.8 Å². The van der Waals surface area contributed by atoms with Crippen LogP contribution < -0.4 is 10.1 Å². The highest BCUT2D eigenvalue weighted by atomic mass is 16.5. The number of carbonyl (C=O) groups is 1. The van der Waals surface area contributed by atoms with Crippen molar-refractivity contribution in [2.75, 3.05) is 20.3 Å². The summed E-state index contributed by atoms with van der Waals surface area (Å²) < 4.78 is 10.5. The van der Waals surface area contributed by atoms with Crippen molar-refractivity contribution >= 4 is 5.97 Å². The Hall–Kier alpha value is -1.55.